The van der Waals surface area contributed by atoms with Crippen molar-refractivity contribution < 1.29 is 0 Å². The van der Waals surface area contributed by atoms with E-state index < -0.39 is 0 Å². The first-order valence-electron chi connectivity index (χ1n) is 4.96. The minimum atomic E-state index is 0.710. The summed E-state index contributed by atoms with van der Waals surface area (Å²) in [5.41, 5.74) is 0. The minimum absolute atomic E-state index is 0.710. The first kappa shape index (κ1) is 10.8. The van der Waals surface area contributed by atoms with Gasteiger partial charge in [-0.05, 0) is 13.8 Å². The van der Waals surface area contributed by atoms with Crippen molar-refractivity contribution in [3.63, 3.8) is 0 Å². The van der Waals surface area contributed by atoms with Crippen molar-refractivity contribution in [3.8, 4) is 0 Å². The van der Waals surface area contributed by atoms with E-state index in [0.29, 0.717) is 5.82 Å². The zero-order chi connectivity index (χ0) is 11.4. The Morgan fingerprint density at radius 3 is 2.69 bits per heavy atom. The van der Waals surface area contributed by atoms with Crippen LogP contribution >= 0.6 is 11.3 Å². The SMILES string of the molecule is CC=c1nc(Nc2cnccn2)sc1=CC. The van der Waals surface area contributed by atoms with Gasteiger partial charge in [-0.15, -0.1) is 0 Å². The molecule has 2 aromatic rings. The molecule has 0 amide bonds. The van der Waals surface area contributed by atoms with E-state index in [1.807, 2.05) is 19.9 Å². The van der Waals surface area contributed by atoms with Gasteiger partial charge in [-0.3, -0.25) is 4.98 Å². The molecule has 16 heavy (non-hydrogen) atoms. The zero-order valence-electron chi connectivity index (χ0n) is 9.14. The van der Waals surface area contributed by atoms with Crippen molar-refractivity contribution in [1.82, 2.24) is 15.0 Å². The van der Waals surface area contributed by atoms with Crippen LogP contribution in [0.25, 0.3) is 12.2 Å². The van der Waals surface area contributed by atoms with Gasteiger partial charge in [0.2, 0.25) is 0 Å². The van der Waals surface area contributed by atoms with Gasteiger partial charge in [-0.25, -0.2) is 9.97 Å². The maximum absolute atomic E-state index is 4.45. The second kappa shape index (κ2) is 4.85. The number of hydrogen-bond acceptors (Lipinski definition) is 5. The summed E-state index contributed by atoms with van der Waals surface area (Å²) in [5.74, 6) is 0.710. The molecule has 0 bridgehead atoms. The van der Waals surface area contributed by atoms with Crippen LogP contribution in [0.1, 0.15) is 13.8 Å². The number of nitrogens with zero attached hydrogens (tertiary/aromatic N) is 3. The fourth-order valence-electron chi connectivity index (χ4n) is 1.28. The maximum Gasteiger partial charge on any atom is 0.189 e. The fraction of sp³-hybridized carbons (Fsp3) is 0.182. The largest absolute Gasteiger partial charge is 0.315 e. The van der Waals surface area contributed by atoms with Crippen molar-refractivity contribution in [2.24, 2.45) is 0 Å². The van der Waals surface area contributed by atoms with Crippen molar-refractivity contribution in [1.29, 1.82) is 0 Å². The lowest BCUT2D eigenvalue weighted by Crippen LogP contribution is -2.19. The summed E-state index contributed by atoms with van der Waals surface area (Å²) in [5, 5.41) is 4.96. The second-order valence-corrected chi connectivity index (χ2v) is 4.09. The van der Waals surface area contributed by atoms with Crippen molar-refractivity contribution in [2.75, 3.05) is 5.32 Å². The average Bonchev–Trinajstić information content (AvgIpc) is 2.72. The van der Waals surface area contributed by atoms with Crippen LogP contribution in [0.15, 0.2) is 18.6 Å². The van der Waals surface area contributed by atoms with Crippen molar-refractivity contribution in [2.45, 2.75) is 13.8 Å². The molecule has 0 fully saturated rings. The van der Waals surface area contributed by atoms with Gasteiger partial charge in [0.25, 0.3) is 0 Å². The van der Waals surface area contributed by atoms with Gasteiger partial charge in [-0.2, -0.15) is 0 Å². The molecule has 2 rings (SSSR count). The van der Waals surface area contributed by atoms with E-state index in [2.05, 4.69) is 26.3 Å². The Bertz CT molecular complexity index is 542. The summed E-state index contributed by atoms with van der Waals surface area (Å²) in [6, 6.07) is 0. The van der Waals surface area contributed by atoms with E-state index in [1.165, 1.54) is 0 Å². The molecule has 0 aromatic carbocycles. The Labute approximate surface area is 97.4 Å². The molecule has 0 aliphatic heterocycles. The number of rotatable bonds is 2. The van der Waals surface area contributed by atoms with Gasteiger partial charge in [0.15, 0.2) is 10.9 Å². The molecule has 2 heterocycles. The molecule has 5 heteroatoms. The monoisotopic (exact) mass is 232 g/mol. The number of anilines is 2. The van der Waals surface area contributed by atoms with Gasteiger partial charge >= 0.3 is 0 Å². The first-order valence-corrected chi connectivity index (χ1v) is 5.77. The molecular weight excluding hydrogens is 220 g/mol. The van der Waals surface area contributed by atoms with Gasteiger partial charge in [0, 0.05) is 12.4 Å². The van der Waals surface area contributed by atoms with Gasteiger partial charge in [0.05, 0.1) is 16.1 Å². The Balaban J connectivity index is 2.34. The second-order valence-electron chi connectivity index (χ2n) is 3.06. The van der Waals surface area contributed by atoms with Crippen LogP contribution < -0.4 is 15.2 Å². The van der Waals surface area contributed by atoms with Crippen LogP contribution in [0.2, 0.25) is 0 Å². The summed E-state index contributed by atoms with van der Waals surface area (Å²) in [6.07, 6.45) is 9.01. The lowest BCUT2D eigenvalue weighted by molar-refractivity contribution is 1.19. The van der Waals surface area contributed by atoms with Crippen LogP contribution in [-0.2, 0) is 0 Å². The van der Waals surface area contributed by atoms with E-state index in [1.54, 1.807) is 29.9 Å². The first-order chi connectivity index (χ1) is 7.83. The third kappa shape index (κ3) is 2.25. The molecule has 0 saturated heterocycles. The van der Waals surface area contributed by atoms with Crippen molar-refractivity contribution in [3.05, 3.63) is 28.5 Å². The molecular formula is C11H12N4S. The van der Waals surface area contributed by atoms with E-state index in [-0.39, 0.29) is 0 Å². The Hall–Kier alpha value is -1.75. The molecule has 0 radical (unpaired) electrons. The van der Waals surface area contributed by atoms with Gasteiger partial charge in [-0.1, -0.05) is 23.5 Å². The Morgan fingerprint density at radius 1 is 1.25 bits per heavy atom. The fourth-order valence-corrected chi connectivity index (χ4v) is 2.18. The highest BCUT2D eigenvalue weighted by atomic mass is 32.1. The normalized spacial score (nSPS) is 13.1. The van der Waals surface area contributed by atoms with Crippen LogP contribution in [0.4, 0.5) is 10.9 Å². The zero-order valence-corrected chi connectivity index (χ0v) is 9.95. The molecule has 0 saturated carbocycles. The molecule has 82 valence electrons. The van der Waals surface area contributed by atoms with Crippen LogP contribution in [-0.4, -0.2) is 15.0 Å². The molecule has 0 unspecified atom stereocenters. The van der Waals surface area contributed by atoms with Crippen molar-refractivity contribution >= 4 is 34.4 Å². The Kier molecular flexibility index (Phi) is 3.26. The number of thiazole rings is 1. The topological polar surface area (TPSA) is 50.7 Å². The smallest absolute Gasteiger partial charge is 0.189 e. The summed E-state index contributed by atoms with van der Waals surface area (Å²) < 4.78 is 1.16. The van der Waals surface area contributed by atoms with Gasteiger partial charge in [0.1, 0.15) is 0 Å². The predicted octanol–water partition coefficient (Wildman–Crippen LogP) is 1.28. The minimum Gasteiger partial charge on any atom is -0.315 e. The van der Waals surface area contributed by atoms with Crippen LogP contribution in [0.3, 0.4) is 0 Å². The third-order valence-corrected chi connectivity index (χ3v) is 3.07. The predicted molar refractivity (Wildman–Crippen MR) is 67.0 cm³/mol. The van der Waals surface area contributed by atoms with E-state index >= 15 is 0 Å². The molecule has 0 aliphatic rings. The average molecular weight is 232 g/mol. The summed E-state index contributed by atoms with van der Waals surface area (Å²) >= 11 is 1.60. The molecule has 0 aliphatic carbocycles. The highest BCUT2D eigenvalue weighted by Gasteiger charge is 2.00. The number of nitrogens with one attached hydrogen (secondary N) is 1. The molecule has 0 atom stereocenters. The summed E-state index contributed by atoms with van der Waals surface area (Å²) in [4.78, 5) is 12.6. The quantitative estimate of drug-likeness (QED) is 0.847. The third-order valence-electron chi connectivity index (χ3n) is 2.01. The lowest BCUT2D eigenvalue weighted by Gasteiger charge is -1.97. The highest BCUT2D eigenvalue weighted by molar-refractivity contribution is 7.13. The standard InChI is InChI=1S/C11H12N4S/c1-3-8-9(4-2)16-11(14-8)15-10-7-12-5-6-13-10/h3-7H,1-2H3,(H,13,14,15). The maximum atomic E-state index is 4.45. The van der Waals surface area contributed by atoms with Crippen LogP contribution in [0, 0.1) is 0 Å². The summed E-state index contributed by atoms with van der Waals surface area (Å²) in [7, 11) is 0. The number of aromatic nitrogens is 3. The summed E-state index contributed by atoms with van der Waals surface area (Å²) in [6.45, 7) is 3.99. The van der Waals surface area contributed by atoms with Gasteiger partial charge < -0.3 is 5.32 Å². The van der Waals surface area contributed by atoms with Crippen LogP contribution in [0.5, 0.6) is 0 Å². The molecule has 1 N–H and O–H groups in total. The molecule has 4 nitrogen and oxygen atoms in total. The Morgan fingerprint density at radius 2 is 2.12 bits per heavy atom. The van der Waals surface area contributed by atoms with E-state index in [0.717, 1.165) is 15.0 Å². The lowest BCUT2D eigenvalue weighted by atomic mass is 10.5. The molecule has 2 aromatic heterocycles. The van der Waals surface area contributed by atoms with E-state index in [9.17, 15) is 0 Å². The highest BCUT2D eigenvalue weighted by Crippen LogP contribution is 2.10. The molecule has 0 spiro atoms. The van der Waals surface area contributed by atoms with E-state index in [4.69, 9.17) is 0 Å². The number of hydrogen-bond donors (Lipinski definition) is 1.